The van der Waals surface area contributed by atoms with E-state index in [0.29, 0.717) is 51.1 Å². The maximum atomic E-state index is 14.7. The highest BCUT2D eigenvalue weighted by molar-refractivity contribution is 5.95. The Morgan fingerprint density at radius 1 is 0.962 bits per heavy atom. The first kappa shape index (κ1) is 36.4. The van der Waals surface area contributed by atoms with E-state index >= 15 is 0 Å². The van der Waals surface area contributed by atoms with Gasteiger partial charge in [-0.05, 0) is 149 Å². The minimum absolute atomic E-state index is 0.0509. The molecule has 3 aromatic rings. The Hall–Kier alpha value is -3.92. The minimum atomic E-state index is -0.260. The first-order valence-electron chi connectivity index (χ1n) is 19.6. The Kier molecular flexibility index (Phi) is 10.7. The van der Waals surface area contributed by atoms with Crippen molar-refractivity contribution in [3.63, 3.8) is 0 Å². The molecular formula is C42H57N5O5. The number of aryl methyl sites for hydroxylation is 1. The quantitative estimate of drug-likeness (QED) is 0.228. The molecule has 3 heterocycles. The summed E-state index contributed by atoms with van der Waals surface area (Å²) in [6, 6.07) is 11.0. The number of carbonyl (C=O) groups excluding carboxylic acids is 2. The number of amides is 2. The summed E-state index contributed by atoms with van der Waals surface area (Å²) in [5, 5.41) is 14.0. The number of ether oxygens (including phenoxy) is 2. The summed E-state index contributed by atoms with van der Waals surface area (Å²) in [7, 11) is 1.73. The predicted molar refractivity (Wildman–Crippen MR) is 201 cm³/mol. The molecule has 1 aliphatic heterocycles. The molecule has 1 saturated heterocycles. The lowest BCUT2D eigenvalue weighted by atomic mass is 9.51. The molecule has 4 aliphatic carbocycles. The zero-order valence-electron chi connectivity index (χ0n) is 31.6. The van der Waals surface area contributed by atoms with Gasteiger partial charge < -0.3 is 19.5 Å². The highest BCUT2D eigenvalue weighted by Gasteiger charge is 2.51. The van der Waals surface area contributed by atoms with Crippen molar-refractivity contribution in [1.29, 1.82) is 0 Å². The van der Waals surface area contributed by atoms with Crippen LogP contribution < -0.4 is 9.64 Å². The van der Waals surface area contributed by atoms with Crippen LogP contribution in [-0.4, -0.2) is 76.2 Å². The number of likely N-dealkylation sites (tertiary alicyclic amines) is 1. The van der Waals surface area contributed by atoms with Gasteiger partial charge in [-0.2, -0.15) is 5.10 Å². The smallest absolute Gasteiger partial charge is 0.410 e. The summed E-state index contributed by atoms with van der Waals surface area (Å²) in [5.41, 5.74) is 4.87. The van der Waals surface area contributed by atoms with Crippen LogP contribution in [0.25, 0.3) is 11.1 Å². The summed E-state index contributed by atoms with van der Waals surface area (Å²) in [6.45, 7) is 8.45. The molecule has 5 aliphatic rings. The molecule has 10 nitrogen and oxygen atoms in total. The number of hydrogen-bond donors (Lipinski definition) is 1. The second kappa shape index (κ2) is 15.2. The van der Waals surface area contributed by atoms with Gasteiger partial charge in [0, 0.05) is 56.2 Å². The molecule has 2 amide bonds. The van der Waals surface area contributed by atoms with Gasteiger partial charge in [0.2, 0.25) is 5.91 Å². The number of rotatable bonds is 10. The third-order valence-electron chi connectivity index (χ3n) is 13.1. The fourth-order valence-electron chi connectivity index (χ4n) is 9.43. The van der Waals surface area contributed by atoms with Gasteiger partial charge in [0.05, 0.1) is 13.3 Å². The van der Waals surface area contributed by atoms with Crippen LogP contribution in [0.2, 0.25) is 0 Å². The van der Waals surface area contributed by atoms with E-state index in [9.17, 15) is 14.7 Å². The molecule has 2 bridgehead atoms. The van der Waals surface area contributed by atoms with E-state index in [0.717, 1.165) is 68.2 Å². The van der Waals surface area contributed by atoms with Crippen LogP contribution in [0.5, 0.6) is 5.75 Å². The van der Waals surface area contributed by atoms with Crippen molar-refractivity contribution in [2.45, 2.75) is 115 Å². The third-order valence-corrected chi connectivity index (χ3v) is 13.1. The molecule has 0 atom stereocenters. The Balaban J connectivity index is 1.07. The minimum Gasteiger partial charge on any atom is -0.496 e. The topological polar surface area (TPSA) is 110 Å². The fraction of sp³-hybridized carbons (Fsp3) is 0.619. The maximum absolute atomic E-state index is 14.7. The standard InChI is InChI=1S/C42H57N5O5/c1-29(2)47-26-34(25-44-47)33-11-20-43-38(24-33)46(28-41-14-17-42(18-15-41,19-16-41)35-7-10-37(51-4)30(3)23-35)39(49)32-5-8-36(9-6-32)52-40(50)45-21-12-31(27-48)13-22-45/h7,10-11,20,23-26,29,31-32,36,48H,5-6,8-9,12-19,21-22,27-28H2,1-4H3. The second-order valence-electron chi connectivity index (χ2n) is 16.6. The van der Waals surface area contributed by atoms with Gasteiger partial charge in [-0.25, -0.2) is 9.78 Å². The van der Waals surface area contributed by atoms with E-state index in [1.165, 1.54) is 11.1 Å². The molecule has 0 radical (unpaired) electrons. The summed E-state index contributed by atoms with van der Waals surface area (Å²) in [4.78, 5) is 36.3. The van der Waals surface area contributed by atoms with Crippen molar-refractivity contribution in [2.75, 3.05) is 38.3 Å². The highest BCUT2D eigenvalue weighted by Crippen LogP contribution is 2.58. The van der Waals surface area contributed by atoms with E-state index < -0.39 is 0 Å². The number of methoxy groups -OCH3 is 1. The van der Waals surface area contributed by atoms with Gasteiger partial charge >= 0.3 is 6.09 Å². The number of aliphatic hydroxyl groups excluding tert-OH is 1. The lowest BCUT2D eigenvalue weighted by molar-refractivity contribution is -0.124. The first-order chi connectivity index (χ1) is 25.1. The van der Waals surface area contributed by atoms with Crippen LogP contribution in [-0.2, 0) is 14.9 Å². The summed E-state index contributed by atoms with van der Waals surface area (Å²) in [5.74, 6) is 1.91. The Labute approximate surface area is 308 Å². The SMILES string of the molecule is COc1ccc(C23CCC(CN(C(=O)C4CCC(OC(=O)N5CCC(CO)CC5)CC4)c4cc(-c5cnn(C(C)C)c5)ccn4)(CC2)CC3)cc1C. The molecule has 10 heteroatoms. The molecule has 280 valence electrons. The van der Waals surface area contributed by atoms with E-state index in [1.807, 2.05) is 28.0 Å². The second-order valence-corrected chi connectivity index (χ2v) is 16.6. The molecule has 0 unspecified atom stereocenters. The van der Waals surface area contributed by atoms with Crippen LogP contribution in [0, 0.1) is 24.2 Å². The van der Waals surface area contributed by atoms with Gasteiger partial charge in [0.1, 0.15) is 17.7 Å². The molecular weight excluding hydrogens is 654 g/mol. The summed E-state index contributed by atoms with van der Waals surface area (Å²) < 4.78 is 13.5. The zero-order valence-corrected chi connectivity index (χ0v) is 31.6. The predicted octanol–water partition coefficient (Wildman–Crippen LogP) is 7.87. The normalized spacial score (nSPS) is 26.4. The molecule has 4 saturated carbocycles. The number of benzene rings is 1. The molecule has 8 rings (SSSR count). The maximum Gasteiger partial charge on any atom is 0.410 e. The fourth-order valence-corrected chi connectivity index (χ4v) is 9.43. The van der Waals surface area contributed by atoms with E-state index in [-0.39, 0.29) is 53.4 Å². The van der Waals surface area contributed by atoms with E-state index in [1.54, 1.807) is 12.0 Å². The van der Waals surface area contributed by atoms with E-state index in [2.05, 4.69) is 56.3 Å². The van der Waals surface area contributed by atoms with Crippen molar-refractivity contribution in [3.8, 4) is 16.9 Å². The van der Waals surface area contributed by atoms with Gasteiger partial charge in [-0.1, -0.05) is 12.1 Å². The number of pyridine rings is 1. The van der Waals surface area contributed by atoms with Crippen LogP contribution in [0.3, 0.4) is 0 Å². The number of anilines is 1. The average Bonchev–Trinajstić information content (AvgIpc) is 3.69. The number of hydrogen-bond acceptors (Lipinski definition) is 7. The van der Waals surface area contributed by atoms with Crippen LogP contribution >= 0.6 is 0 Å². The van der Waals surface area contributed by atoms with Crippen molar-refractivity contribution in [3.05, 3.63) is 60.0 Å². The zero-order chi connectivity index (χ0) is 36.5. The number of aromatic nitrogens is 3. The Morgan fingerprint density at radius 3 is 2.29 bits per heavy atom. The number of nitrogens with zero attached hydrogens (tertiary/aromatic N) is 5. The largest absolute Gasteiger partial charge is 0.496 e. The van der Waals surface area contributed by atoms with Crippen molar-refractivity contribution in [2.24, 2.45) is 17.3 Å². The molecule has 5 fully saturated rings. The summed E-state index contributed by atoms with van der Waals surface area (Å²) in [6.07, 6.45) is 16.3. The number of aliphatic hydroxyl groups is 1. The van der Waals surface area contributed by atoms with Crippen LogP contribution in [0.1, 0.15) is 108 Å². The number of carbonyl (C=O) groups is 2. The van der Waals surface area contributed by atoms with Gasteiger partial charge in [-0.3, -0.25) is 14.4 Å². The third kappa shape index (κ3) is 7.45. The number of fused-ring (bicyclic) bond motifs is 3. The van der Waals surface area contributed by atoms with E-state index in [4.69, 9.17) is 14.5 Å². The van der Waals surface area contributed by atoms with Crippen LogP contribution in [0.15, 0.2) is 48.9 Å². The van der Waals surface area contributed by atoms with Crippen LogP contribution in [0.4, 0.5) is 10.6 Å². The molecule has 1 N–H and O–H groups in total. The average molecular weight is 712 g/mol. The van der Waals surface area contributed by atoms with Crippen molar-refractivity contribution < 1.29 is 24.2 Å². The Bertz CT molecular complexity index is 1700. The monoisotopic (exact) mass is 711 g/mol. The van der Waals surface area contributed by atoms with Gasteiger partial charge in [0.15, 0.2) is 0 Å². The lowest BCUT2D eigenvalue weighted by Gasteiger charge is -2.55. The molecule has 1 aromatic carbocycles. The van der Waals surface area contributed by atoms with Crippen molar-refractivity contribution in [1.82, 2.24) is 19.7 Å². The highest BCUT2D eigenvalue weighted by atomic mass is 16.6. The summed E-state index contributed by atoms with van der Waals surface area (Å²) >= 11 is 0. The van der Waals surface area contributed by atoms with Gasteiger partial charge in [-0.15, -0.1) is 0 Å². The van der Waals surface area contributed by atoms with Gasteiger partial charge in [0.25, 0.3) is 0 Å². The van der Waals surface area contributed by atoms with Crippen molar-refractivity contribution >= 4 is 17.8 Å². The first-order valence-corrected chi connectivity index (χ1v) is 19.6. The number of piperidine rings is 1. The lowest BCUT2D eigenvalue weighted by Crippen LogP contribution is -2.52. The Morgan fingerprint density at radius 2 is 1.67 bits per heavy atom. The molecule has 52 heavy (non-hydrogen) atoms. The molecule has 2 aromatic heterocycles. The molecule has 0 spiro atoms.